The van der Waals surface area contributed by atoms with E-state index in [2.05, 4.69) is 19.7 Å². The number of allylic oxidation sites excluding steroid dienone is 1. The van der Waals surface area contributed by atoms with Crippen molar-refractivity contribution in [1.82, 2.24) is 0 Å². The molecular weight excluding hydrogens is 416 g/mol. The molecule has 2 saturated carbocycles. The van der Waals surface area contributed by atoms with E-state index in [1.54, 1.807) is 6.92 Å². The van der Waals surface area contributed by atoms with Gasteiger partial charge in [0.05, 0.1) is 24.9 Å². The number of hydrogen-bond donors (Lipinski definition) is 1. The highest BCUT2D eigenvalue weighted by Gasteiger charge is 2.34. The summed E-state index contributed by atoms with van der Waals surface area (Å²) >= 11 is 0. The molecular formula is C28H44O5. The first-order valence-corrected chi connectivity index (χ1v) is 12.7. The lowest BCUT2D eigenvalue weighted by molar-refractivity contribution is -0.146. The van der Waals surface area contributed by atoms with Crippen molar-refractivity contribution in [2.75, 3.05) is 13.2 Å². The molecule has 1 N–H and O–H groups in total. The number of esters is 2. The quantitative estimate of drug-likeness (QED) is 0.227. The van der Waals surface area contributed by atoms with E-state index in [0.717, 1.165) is 37.0 Å². The summed E-state index contributed by atoms with van der Waals surface area (Å²) in [6.45, 7) is 14.6. The third-order valence-electron chi connectivity index (χ3n) is 7.79. The second-order valence-electron chi connectivity index (χ2n) is 10.3. The van der Waals surface area contributed by atoms with Crippen molar-refractivity contribution in [2.45, 2.75) is 84.2 Å². The smallest absolute Gasteiger partial charge is 0.336 e. The molecule has 5 nitrogen and oxygen atoms in total. The summed E-state index contributed by atoms with van der Waals surface area (Å²) in [7, 11) is 0. The number of ether oxygens (including phenoxy) is 2. The highest BCUT2D eigenvalue weighted by molar-refractivity contribution is 5.88. The minimum Gasteiger partial charge on any atom is -0.462 e. The van der Waals surface area contributed by atoms with Crippen LogP contribution in [0.3, 0.4) is 0 Å². The zero-order valence-electron chi connectivity index (χ0n) is 20.7. The maximum absolute atomic E-state index is 12.2. The van der Waals surface area contributed by atoms with Gasteiger partial charge in [0.15, 0.2) is 0 Å². The van der Waals surface area contributed by atoms with Crippen molar-refractivity contribution in [3.63, 3.8) is 0 Å². The maximum Gasteiger partial charge on any atom is 0.336 e. The van der Waals surface area contributed by atoms with Gasteiger partial charge in [-0.2, -0.15) is 0 Å². The molecule has 0 spiro atoms. The number of aliphatic hydroxyl groups is 1. The summed E-state index contributed by atoms with van der Waals surface area (Å²) in [4.78, 5) is 24.1. The molecule has 5 heteroatoms. The van der Waals surface area contributed by atoms with Crippen LogP contribution in [0.2, 0.25) is 0 Å². The summed E-state index contributed by atoms with van der Waals surface area (Å²) in [6, 6.07) is 0. The third kappa shape index (κ3) is 8.77. The van der Waals surface area contributed by atoms with Gasteiger partial charge < -0.3 is 14.6 Å². The van der Waals surface area contributed by atoms with Crippen molar-refractivity contribution in [2.24, 2.45) is 29.6 Å². The lowest BCUT2D eigenvalue weighted by Crippen LogP contribution is -2.33. The number of carbonyl (C=O) groups is 2. The first kappa shape index (κ1) is 27.4. The van der Waals surface area contributed by atoms with E-state index < -0.39 is 18.0 Å². The molecule has 2 unspecified atom stereocenters. The Kier molecular flexibility index (Phi) is 11.4. The predicted octanol–water partition coefficient (Wildman–Crippen LogP) is 5.78. The van der Waals surface area contributed by atoms with Gasteiger partial charge in [-0.05, 0) is 88.9 Å². The fraction of sp³-hybridized carbons (Fsp3) is 0.714. The molecule has 0 aromatic carbocycles. The minimum atomic E-state index is -0.945. The SMILES string of the molecule is C=CCCC1CCC(C2CCC(C(COC(=O)C(=C)C)COC(=O)C(=C)C(C)O)CC2)CC1. The number of rotatable bonds is 12. The lowest BCUT2D eigenvalue weighted by Gasteiger charge is -2.39. The van der Waals surface area contributed by atoms with Crippen molar-refractivity contribution in [3.05, 3.63) is 37.0 Å². The summed E-state index contributed by atoms with van der Waals surface area (Å²) in [5, 5.41) is 9.57. The standard InChI is InChI=1S/C28H44O5/c1-6-7-8-22-9-11-23(12-10-22)24-13-15-25(16-14-24)26(17-32-27(30)19(2)3)18-33-28(31)20(4)21(5)29/h6,21-26,29H,1-2,4,7-18H2,3,5H3. The molecule has 0 heterocycles. The number of aliphatic hydroxyl groups excluding tert-OH is 1. The van der Waals surface area contributed by atoms with Crippen LogP contribution in [-0.4, -0.2) is 36.4 Å². The summed E-state index contributed by atoms with van der Waals surface area (Å²) in [6.07, 6.45) is 13.4. The van der Waals surface area contributed by atoms with Gasteiger partial charge in [0.2, 0.25) is 0 Å². The first-order valence-electron chi connectivity index (χ1n) is 12.7. The second kappa shape index (κ2) is 13.7. The van der Waals surface area contributed by atoms with Gasteiger partial charge in [0, 0.05) is 11.5 Å². The molecule has 0 saturated heterocycles. The predicted molar refractivity (Wildman–Crippen MR) is 131 cm³/mol. The van der Waals surface area contributed by atoms with Gasteiger partial charge >= 0.3 is 11.9 Å². The first-order chi connectivity index (χ1) is 15.7. The second-order valence-corrected chi connectivity index (χ2v) is 10.3. The molecule has 0 aromatic rings. The zero-order chi connectivity index (χ0) is 24.4. The van der Waals surface area contributed by atoms with Gasteiger partial charge in [-0.25, -0.2) is 9.59 Å². The summed E-state index contributed by atoms with van der Waals surface area (Å²) in [5.74, 6) is 1.75. The fourth-order valence-electron chi connectivity index (χ4n) is 5.46. The van der Waals surface area contributed by atoms with Crippen LogP contribution < -0.4 is 0 Å². The Morgan fingerprint density at radius 2 is 1.45 bits per heavy atom. The van der Waals surface area contributed by atoms with Gasteiger partial charge in [-0.15, -0.1) is 6.58 Å². The monoisotopic (exact) mass is 460 g/mol. The molecule has 2 rings (SSSR count). The Bertz CT molecular complexity index is 678. The van der Waals surface area contributed by atoms with Crippen molar-refractivity contribution < 1.29 is 24.2 Å². The van der Waals surface area contributed by atoms with E-state index >= 15 is 0 Å². The number of carbonyl (C=O) groups excluding carboxylic acids is 2. The van der Waals surface area contributed by atoms with E-state index in [1.807, 2.05) is 6.08 Å². The topological polar surface area (TPSA) is 72.8 Å². The number of hydrogen-bond acceptors (Lipinski definition) is 5. The molecule has 2 atom stereocenters. The average Bonchev–Trinajstić information content (AvgIpc) is 2.82. The summed E-state index contributed by atoms with van der Waals surface area (Å²) in [5.41, 5.74) is 0.403. The van der Waals surface area contributed by atoms with Crippen LogP contribution >= 0.6 is 0 Å². The molecule has 0 aromatic heterocycles. The average molecular weight is 461 g/mol. The van der Waals surface area contributed by atoms with Crippen molar-refractivity contribution >= 4 is 11.9 Å². The van der Waals surface area contributed by atoms with Crippen LogP contribution in [0.15, 0.2) is 37.0 Å². The van der Waals surface area contributed by atoms with E-state index in [9.17, 15) is 14.7 Å². The van der Waals surface area contributed by atoms with E-state index in [0.29, 0.717) is 11.5 Å². The Labute approximate surface area is 200 Å². The Morgan fingerprint density at radius 1 is 0.939 bits per heavy atom. The maximum atomic E-state index is 12.2. The molecule has 0 bridgehead atoms. The van der Waals surface area contributed by atoms with Crippen molar-refractivity contribution in [3.8, 4) is 0 Å². The van der Waals surface area contributed by atoms with Crippen LogP contribution in [0.5, 0.6) is 0 Å². The minimum absolute atomic E-state index is 0.0417. The molecule has 2 fully saturated rings. The highest BCUT2D eigenvalue weighted by atomic mass is 16.5. The molecule has 0 aliphatic heterocycles. The molecule has 0 radical (unpaired) electrons. The Morgan fingerprint density at radius 3 is 1.94 bits per heavy atom. The molecule has 2 aliphatic carbocycles. The summed E-state index contributed by atoms with van der Waals surface area (Å²) < 4.78 is 10.9. The van der Waals surface area contributed by atoms with Crippen LogP contribution in [0.4, 0.5) is 0 Å². The van der Waals surface area contributed by atoms with Crippen LogP contribution in [-0.2, 0) is 19.1 Å². The van der Waals surface area contributed by atoms with E-state index in [4.69, 9.17) is 9.47 Å². The molecule has 0 amide bonds. The van der Waals surface area contributed by atoms with E-state index in [-0.39, 0.29) is 24.7 Å². The molecule has 186 valence electrons. The third-order valence-corrected chi connectivity index (χ3v) is 7.79. The van der Waals surface area contributed by atoms with Gasteiger partial charge in [-0.3, -0.25) is 0 Å². The molecule has 33 heavy (non-hydrogen) atoms. The molecule has 2 aliphatic rings. The van der Waals surface area contributed by atoms with Crippen molar-refractivity contribution in [1.29, 1.82) is 0 Å². The van der Waals surface area contributed by atoms with Crippen LogP contribution in [0.1, 0.15) is 78.1 Å². The lowest BCUT2D eigenvalue weighted by atomic mass is 9.67. The Balaban J connectivity index is 1.87. The fourth-order valence-corrected chi connectivity index (χ4v) is 5.46. The van der Waals surface area contributed by atoms with Crippen LogP contribution in [0, 0.1) is 29.6 Å². The normalized spacial score (nSPS) is 27.1. The largest absolute Gasteiger partial charge is 0.462 e. The zero-order valence-corrected chi connectivity index (χ0v) is 20.7. The Hall–Kier alpha value is -1.88. The van der Waals surface area contributed by atoms with Gasteiger partial charge in [0.25, 0.3) is 0 Å². The highest BCUT2D eigenvalue weighted by Crippen LogP contribution is 2.43. The van der Waals surface area contributed by atoms with Gasteiger partial charge in [-0.1, -0.05) is 32.1 Å². The van der Waals surface area contributed by atoms with Crippen LogP contribution in [0.25, 0.3) is 0 Å². The van der Waals surface area contributed by atoms with Gasteiger partial charge in [0.1, 0.15) is 0 Å². The van der Waals surface area contributed by atoms with E-state index in [1.165, 1.54) is 51.9 Å².